The van der Waals surface area contributed by atoms with Crippen LogP contribution >= 0.6 is 0 Å². The third-order valence-electron chi connectivity index (χ3n) is 3.95. The van der Waals surface area contributed by atoms with E-state index in [-0.39, 0.29) is 0 Å². The molecule has 0 bridgehead atoms. The fraction of sp³-hybridized carbons (Fsp3) is 0.438. The fourth-order valence-corrected chi connectivity index (χ4v) is 2.87. The maximum absolute atomic E-state index is 5.40. The molecule has 5 heteroatoms. The van der Waals surface area contributed by atoms with Gasteiger partial charge in [-0.15, -0.1) is 0 Å². The van der Waals surface area contributed by atoms with E-state index < -0.39 is 0 Å². The summed E-state index contributed by atoms with van der Waals surface area (Å²) in [5, 5.41) is 8.17. The van der Waals surface area contributed by atoms with Gasteiger partial charge in [0.25, 0.3) is 0 Å². The van der Waals surface area contributed by atoms with E-state index in [1.807, 2.05) is 29.9 Å². The van der Waals surface area contributed by atoms with E-state index in [1.54, 1.807) is 14.2 Å². The van der Waals surface area contributed by atoms with Crippen molar-refractivity contribution in [2.45, 2.75) is 19.3 Å². The lowest BCUT2D eigenvalue weighted by Gasteiger charge is -2.09. The molecule has 0 aliphatic carbocycles. The lowest BCUT2D eigenvalue weighted by Crippen LogP contribution is -2.04. The predicted octanol–water partition coefficient (Wildman–Crippen LogP) is 2.85. The third-order valence-corrected chi connectivity index (χ3v) is 3.95. The summed E-state index contributed by atoms with van der Waals surface area (Å²) in [4.78, 5) is 0. The van der Waals surface area contributed by atoms with Gasteiger partial charge in [-0.1, -0.05) is 0 Å². The highest BCUT2D eigenvalue weighted by atomic mass is 16.5. The van der Waals surface area contributed by atoms with Crippen molar-refractivity contribution in [2.75, 3.05) is 26.1 Å². The van der Waals surface area contributed by atoms with Crippen LogP contribution in [0.4, 0.5) is 5.82 Å². The van der Waals surface area contributed by atoms with Crippen LogP contribution in [0.15, 0.2) is 18.2 Å². The molecule has 0 spiro atoms. The summed E-state index contributed by atoms with van der Waals surface area (Å²) < 4.78 is 12.6. The highest BCUT2D eigenvalue weighted by molar-refractivity contribution is 5.72. The smallest absolute Gasteiger partial charge is 0.161 e. The van der Waals surface area contributed by atoms with Crippen LogP contribution in [0, 0.1) is 0 Å². The van der Waals surface area contributed by atoms with Crippen molar-refractivity contribution in [1.82, 2.24) is 9.78 Å². The number of benzene rings is 1. The Morgan fingerprint density at radius 2 is 1.95 bits per heavy atom. The van der Waals surface area contributed by atoms with E-state index in [2.05, 4.69) is 5.32 Å². The molecule has 0 radical (unpaired) electrons. The van der Waals surface area contributed by atoms with E-state index in [1.165, 1.54) is 18.4 Å². The van der Waals surface area contributed by atoms with Gasteiger partial charge in [-0.2, -0.15) is 5.10 Å². The van der Waals surface area contributed by atoms with Crippen LogP contribution in [-0.2, 0) is 13.5 Å². The van der Waals surface area contributed by atoms with E-state index >= 15 is 0 Å². The molecule has 5 nitrogen and oxygen atoms in total. The lowest BCUT2D eigenvalue weighted by atomic mass is 10.0. The number of aryl methyl sites for hydroxylation is 1. The summed E-state index contributed by atoms with van der Waals surface area (Å²) in [6.45, 7) is 1.01. The van der Waals surface area contributed by atoms with Gasteiger partial charge >= 0.3 is 0 Å². The van der Waals surface area contributed by atoms with E-state index in [9.17, 15) is 0 Å². The molecular formula is C16H21N3O2. The maximum atomic E-state index is 5.40. The van der Waals surface area contributed by atoms with Crippen LogP contribution < -0.4 is 14.8 Å². The molecule has 0 atom stereocenters. The van der Waals surface area contributed by atoms with Crippen molar-refractivity contribution in [1.29, 1.82) is 0 Å². The first-order valence-corrected chi connectivity index (χ1v) is 7.26. The molecule has 1 N–H and O–H groups in total. The van der Waals surface area contributed by atoms with Crippen molar-refractivity contribution in [3.05, 3.63) is 23.8 Å². The normalized spacial score (nSPS) is 14.0. The summed E-state index contributed by atoms with van der Waals surface area (Å²) in [6, 6.07) is 5.96. The lowest BCUT2D eigenvalue weighted by molar-refractivity contribution is 0.355. The molecule has 112 valence electrons. The molecule has 2 aromatic rings. The Labute approximate surface area is 124 Å². The van der Waals surface area contributed by atoms with E-state index in [0.29, 0.717) is 0 Å². The monoisotopic (exact) mass is 287 g/mol. The van der Waals surface area contributed by atoms with Crippen LogP contribution in [0.25, 0.3) is 11.3 Å². The number of fused-ring (bicyclic) bond motifs is 1. The summed E-state index contributed by atoms with van der Waals surface area (Å²) in [5.41, 5.74) is 3.39. The first-order chi connectivity index (χ1) is 10.2. The number of aromatic nitrogens is 2. The van der Waals surface area contributed by atoms with Gasteiger partial charge in [0, 0.05) is 24.7 Å². The summed E-state index contributed by atoms with van der Waals surface area (Å²) in [5.74, 6) is 2.61. The highest BCUT2D eigenvalue weighted by Gasteiger charge is 2.20. The zero-order valence-electron chi connectivity index (χ0n) is 12.8. The molecule has 0 fully saturated rings. The van der Waals surface area contributed by atoms with Crippen molar-refractivity contribution in [3.8, 4) is 22.8 Å². The number of methoxy groups -OCH3 is 2. The van der Waals surface area contributed by atoms with Gasteiger partial charge in [0.1, 0.15) is 5.82 Å². The minimum absolute atomic E-state index is 0.732. The number of anilines is 1. The Bertz CT molecular complexity index is 649. The van der Waals surface area contributed by atoms with E-state index in [0.717, 1.165) is 41.5 Å². The second-order valence-electron chi connectivity index (χ2n) is 5.25. The van der Waals surface area contributed by atoms with Gasteiger partial charge in [0.05, 0.1) is 19.9 Å². The second kappa shape index (κ2) is 5.68. The van der Waals surface area contributed by atoms with Crippen LogP contribution in [-0.4, -0.2) is 30.5 Å². The quantitative estimate of drug-likeness (QED) is 0.943. The first-order valence-electron chi connectivity index (χ1n) is 7.26. The SMILES string of the molecule is COc1ccc(-c2nn(C)c3c2CCCCN3)cc1OC. The van der Waals surface area contributed by atoms with Gasteiger partial charge in [0.2, 0.25) is 0 Å². The topological polar surface area (TPSA) is 48.3 Å². The Morgan fingerprint density at radius 1 is 1.14 bits per heavy atom. The van der Waals surface area contributed by atoms with Crippen molar-refractivity contribution in [2.24, 2.45) is 7.05 Å². The minimum atomic E-state index is 0.732. The standard InChI is InChI=1S/C16H21N3O2/c1-19-16-12(6-4-5-9-17-16)15(18-19)11-7-8-13(20-2)14(10-11)21-3/h7-8,10,17H,4-6,9H2,1-3H3. The molecule has 1 aromatic carbocycles. The number of hydrogen-bond donors (Lipinski definition) is 1. The second-order valence-corrected chi connectivity index (χ2v) is 5.25. The molecule has 3 rings (SSSR count). The average Bonchev–Trinajstić information content (AvgIpc) is 2.70. The molecule has 21 heavy (non-hydrogen) atoms. The molecular weight excluding hydrogens is 266 g/mol. The molecule has 0 amide bonds. The Balaban J connectivity index is 2.08. The minimum Gasteiger partial charge on any atom is -0.493 e. The number of nitrogens with one attached hydrogen (secondary N) is 1. The molecule has 2 heterocycles. The fourth-order valence-electron chi connectivity index (χ4n) is 2.87. The predicted molar refractivity (Wildman–Crippen MR) is 83.2 cm³/mol. The van der Waals surface area contributed by atoms with Crippen LogP contribution in [0.1, 0.15) is 18.4 Å². The van der Waals surface area contributed by atoms with Crippen molar-refractivity contribution in [3.63, 3.8) is 0 Å². The Hall–Kier alpha value is -2.17. The van der Waals surface area contributed by atoms with Gasteiger partial charge in [0.15, 0.2) is 11.5 Å². The van der Waals surface area contributed by atoms with Crippen LogP contribution in [0.5, 0.6) is 11.5 Å². The van der Waals surface area contributed by atoms with Gasteiger partial charge in [-0.3, -0.25) is 4.68 Å². The zero-order valence-corrected chi connectivity index (χ0v) is 12.8. The number of ether oxygens (including phenoxy) is 2. The molecule has 0 unspecified atom stereocenters. The number of hydrogen-bond acceptors (Lipinski definition) is 4. The summed E-state index contributed by atoms with van der Waals surface area (Å²) in [7, 11) is 5.29. The first kappa shape index (κ1) is 13.8. The van der Waals surface area contributed by atoms with Crippen LogP contribution in [0.2, 0.25) is 0 Å². The van der Waals surface area contributed by atoms with Crippen LogP contribution in [0.3, 0.4) is 0 Å². The van der Waals surface area contributed by atoms with E-state index in [4.69, 9.17) is 14.6 Å². The highest BCUT2D eigenvalue weighted by Crippen LogP contribution is 2.36. The van der Waals surface area contributed by atoms with Gasteiger partial charge < -0.3 is 14.8 Å². The molecule has 1 aromatic heterocycles. The molecule has 0 saturated heterocycles. The average molecular weight is 287 g/mol. The molecule has 1 aliphatic rings. The largest absolute Gasteiger partial charge is 0.493 e. The van der Waals surface area contributed by atoms with Crippen molar-refractivity contribution < 1.29 is 9.47 Å². The molecule has 1 aliphatic heterocycles. The van der Waals surface area contributed by atoms with Gasteiger partial charge in [-0.05, 0) is 37.5 Å². The summed E-state index contributed by atoms with van der Waals surface area (Å²) in [6.07, 6.45) is 3.44. The van der Waals surface area contributed by atoms with Crippen molar-refractivity contribution >= 4 is 5.82 Å². The Morgan fingerprint density at radius 3 is 2.71 bits per heavy atom. The Kier molecular flexibility index (Phi) is 3.73. The number of rotatable bonds is 3. The maximum Gasteiger partial charge on any atom is 0.161 e. The summed E-state index contributed by atoms with van der Waals surface area (Å²) >= 11 is 0. The van der Waals surface area contributed by atoms with Gasteiger partial charge in [-0.25, -0.2) is 0 Å². The molecule has 0 saturated carbocycles. The zero-order chi connectivity index (χ0) is 14.8. The third kappa shape index (κ3) is 2.44. The number of nitrogens with zero attached hydrogens (tertiary/aromatic N) is 2.